The number of carbonyl (C=O) groups excluding carboxylic acids is 2. The van der Waals surface area contributed by atoms with Crippen molar-refractivity contribution in [3.63, 3.8) is 0 Å². The van der Waals surface area contributed by atoms with E-state index in [1.54, 1.807) is 19.9 Å². The molecule has 7 nitrogen and oxygen atoms in total. The molecule has 0 unspecified atom stereocenters. The van der Waals surface area contributed by atoms with Gasteiger partial charge in [0.05, 0.1) is 10.3 Å². The summed E-state index contributed by atoms with van der Waals surface area (Å²) in [5.41, 5.74) is 1.65. The number of esters is 1. The quantitative estimate of drug-likeness (QED) is 0.448. The summed E-state index contributed by atoms with van der Waals surface area (Å²) in [6.07, 6.45) is 3.20. The van der Waals surface area contributed by atoms with Gasteiger partial charge >= 0.3 is 5.97 Å². The van der Waals surface area contributed by atoms with E-state index >= 15 is 0 Å². The predicted octanol–water partition coefficient (Wildman–Crippen LogP) is 4.21. The summed E-state index contributed by atoms with van der Waals surface area (Å²) >= 11 is 0. The lowest BCUT2D eigenvalue weighted by atomic mass is 9.79. The molecule has 7 heteroatoms. The third kappa shape index (κ3) is 4.29. The molecular formula is C22H24N2O5. The van der Waals surface area contributed by atoms with Crippen LogP contribution in [0.4, 0.5) is 11.4 Å². The maximum absolute atomic E-state index is 12.9. The highest BCUT2D eigenvalue weighted by Crippen LogP contribution is 2.42. The highest BCUT2D eigenvalue weighted by molar-refractivity contribution is 5.96. The Bertz CT molecular complexity index is 934. The first-order chi connectivity index (χ1) is 13.8. The zero-order chi connectivity index (χ0) is 21.0. The average Bonchev–Trinajstić information content (AvgIpc) is 3.20. The SMILES string of the molecule is Cc1cc(NC(=O)COC(=O)C2(c3ccccc3)CCCC2)c([N+](=O)[O-])cc1C. The first-order valence-corrected chi connectivity index (χ1v) is 9.62. The van der Waals surface area contributed by atoms with Crippen molar-refractivity contribution in [2.75, 3.05) is 11.9 Å². The molecule has 0 saturated heterocycles. The van der Waals surface area contributed by atoms with E-state index < -0.39 is 28.8 Å². The number of rotatable bonds is 6. The number of nitro groups is 1. The lowest BCUT2D eigenvalue weighted by molar-refractivity contribution is -0.384. The fourth-order valence-electron chi connectivity index (χ4n) is 3.85. The van der Waals surface area contributed by atoms with Crippen molar-refractivity contribution in [3.8, 4) is 0 Å². The van der Waals surface area contributed by atoms with Gasteiger partial charge in [-0.05, 0) is 49.4 Å². The first-order valence-electron chi connectivity index (χ1n) is 9.62. The van der Waals surface area contributed by atoms with Crippen molar-refractivity contribution >= 4 is 23.3 Å². The number of benzene rings is 2. The van der Waals surface area contributed by atoms with E-state index in [0.29, 0.717) is 12.8 Å². The molecule has 152 valence electrons. The standard InChI is InChI=1S/C22H24N2O5/c1-15-12-18(19(24(27)28)13-16(15)2)23-20(25)14-29-21(26)22(10-6-7-11-22)17-8-4-3-5-9-17/h3-5,8-9,12-13H,6-7,10-11,14H2,1-2H3,(H,23,25). The molecule has 0 aromatic heterocycles. The molecule has 0 radical (unpaired) electrons. The van der Waals surface area contributed by atoms with Gasteiger partial charge in [0, 0.05) is 6.07 Å². The van der Waals surface area contributed by atoms with Gasteiger partial charge in [0.2, 0.25) is 0 Å². The van der Waals surface area contributed by atoms with E-state index in [-0.39, 0.29) is 11.4 Å². The highest BCUT2D eigenvalue weighted by Gasteiger charge is 2.44. The molecule has 0 aliphatic heterocycles. The summed E-state index contributed by atoms with van der Waals surface area (Å²) in [5.74, 6) is -1.03. The van der Waals surface area contributed by atoms with Crippen molar-refractivity contribution in [2.24, 2.45) is 0 Å². The van der Waals surface area contributed by atoms with Crippen LogP contribution in [-0.4, -0.2) is 23.4 Å². The largest absolute Gasteiger partial charge is 0.455 e. The van der Waals surface area contributed by atoms with E-state index in [4.69, 9.17) is 4.74 Å². The molecule has 0 heterocycles. The van der Waals surface area contributed by atoms with Crippen LogP contribution in [0.3, 0.4) is 0 Å². The normalized spacial score (nSPS) is 15.0. The number of nitrogens with one attached hydrogen (secondary N) is 1. The van der Waals surface area contributed by atoms with Crippen LogP contribution in [0, 0.1) is 24.0 Å². The van der Waals surface area contributed by atoms with Crippen LogP contribution in [-0.2, 0) is 19.7 Å². The number of anilines is 1. The molecule has 1 N–H and O–H groups in total. The molecule has 1 aliphatic carbocycles. The van der Waals surface area contributed by atoms with E-state index in [1.165, 1.54) is 6.07 Å². The Morgan fingerprint density at radius 1 is 1.10 bits per heavy atom. The summed E-state index contributed by atoms with van der Waals surface area (Å²) in [7, 11) is 0. The van der Waals surface area contributed by atoms with Crippen molar-refractivity contribution < 1.29 is 19.2 Å². The molecule has 1 amide bonds. The van der Waals surface area contributed by atoms with E-state index in [1.807, 2.05) is 30.3 Å². The average molecular weight is 396 g/mol. The molecular weight excluding hydrogens is 372 g/mol. The number of nitrogens with zero attached hydrogens (tertiary/aromatic N) is 1. The van der Waals surface area contributed by atoms with Crippen molar-refractivity contribution in [3.05, 3.63) is 69.3 Å². The molecule has 1 saturated carbocycles. The molecule has 1 fully saturated rings. The number of hydrogen-bond acceptors (Lipinski definition) is 5. The summed E-state index contributed by atoms with van der Waals surface area (Å²) in [4.78, 5) is 36.0. The third-order valence-corrected chi connectivity index (χ3v) is 5.59. The van der Waals surface area contributed by atoms with E-state index in [9.17, 15) is 19.7 Å². The number of amides is 1. The lowest BCUT2D eigenvalue weighted by Crippen LogP contribution is -2.36. The molecule has 29 heavy (non-hydrogen) atoms. The van der Waals surface area contributed by atoms with Crippen LogP contribution in [0.5, 0.6) is 0 Å². The van der Waals surface area contributed by atoms with Gasteiger partial charge < -0.3 is 10.1 Å². The fourth-order valence-corrected chi connectivity index (χ4v) is 3.85. The molecule has 3 rings (SSSR count). The van der Waals surface area contributed by atoms with Crippen molar-refractivity contribution in [1.29, 1.82) is 0 Å². The van der Waals surface area contributed by atoms with Gasteiger partial charge in [-0.25, -0.2) is 0 Å². The second kappa shape index (κ2) is 8.43. The Hall–Kier alpha value is -3.22. The van der Waals surface area contributed by atoms with Crippen LogP contribution >= 0.6 is 0 Å². The highest BCUT2D eigenvalue weighted by atomic mass is 16.6. The van der Waals surface area contributed by atoms with Gasteiger partial charge in [0.15, 0.2) is 6.61 Å². The number of nitro benzene ring substituents is 1. The zero-order valence-corrected chi connectivity index (χ0v) is 16.6. The van der Waals surface area contributed by atoms with Gasteiger partial charge in [0.25, 0.3) is 11.6 Å². The number of hydrogen-bond donors (Lipinski definition) is 1. The first kappa shape index (κ1) is 20.5. The van der Waals surface area contributed by atoms with Crippen molar-refractivity contribution in [1.82, 2.24) is 0 Å². The zero-order valence-electron chi connectivity index (χ0n) is 16.6. The minimum Gasteiger partial charge on any atom is -0.455 e. The summed E-state index contributed by atoms with van der Waals surface area (Å²) in [5, 5.41) is 13.8. The summed E-state index contributed by atoms with van der Waals surface area (Å²) in [6, 6.07) is 12.4. The monoisotopic (exact) mass is 396 g/mol. The minimum absolute atomic E-state index is 0.0952. The van der Waals surface area contributed by atoms with Gasteiger partial charge in [-0.15, -0.1) is 0 Å². The number of carbonyl (C=O) groups is 2. The minimum atomic E-state index is -0.728. The maximum atomic E-state index is 12.9. The van der Waals surface area contributed by atoms with Gasteiger partial charge in [0.1, 0.15) is 5.69 Å². The molecule has 0 spiro atoms. The van der Waals surface area contributed by atoms with Crippen molar-refractivity contribution in [2.45, 2.75) is 44.9 Å². The van der Waals surface area contributed by atoms with E-state index in [0.717, 1.165) is 29.5 Å². The maximum Gasteiger partial charge on any atom is 0.317 e. The Labute approximate surface area is 169 Å². The Morgan fingerprint density at radius 2 is 1.72 bits per heavy atom. The summed E-state index contributed by atoms with van der Waals surface area (Å²) in [6.45, 7) is 3.08. The Morgan fingerprint density at radius 3 is 2.34 bits per heavy atom. The van der Waals surface area contributed by atoms with Gasteiger partial charge in [-0.3, -0.25) is 19.7 Å². The number of ether oxygens (including phenoxy) is 1. The van der Waals surface area contributed by atoms with Gasteiger partial charge in [-0.1, -0.05) is 43.2 Å². The topological polar surface area (TPSA) is 98.5 Å². The molecule has 0 bridgehead atoms. The van der Waals surface area contributed by atoms with Crippen LogP contribution in [0.15, 0.2) is 42.5 Å². The molecule has 2 aromatic rings. The Balaban J connectivity index is 1.70. The van der Waals surface area contributed by atoms with E-state index in [2.05, 4.69) is 5.32 Å². The fraction of sp³-hybridized carbons (Fsp3) is 0.364. The molecule has 0 atom stereocenters. The summed E-state index contributed by atoms with van der Waals surface area (Å²) < 4.78 is 5.35. The lowest BCUT2D eigenvalue weighted by Gasteiger charge is -2.27. The smallest absolute Gasteiger partial charge is 0.317 e. The Kier molecular flexibility index (Phi) is 5.96. The predicted molar refractivity (Wildman–Crippen MR) is 109 cm³/mol. The molecule has 2 aromatic carbocycles. The third-order valence-electron chi connectivity index (χ3n) is 5.59. The second-order valence-corrected chi connectivity index (χ2v) is 7.49. The second-order valence-electron chi connectivity index (χ2n) is 7.49. The van der Waals surface area contributed by atoms with Crippen LogP contribution in [0.25, 0.3) is 0 Å². The van der Waals surface area contributed by atoms with Crippen LogP contribution in [0.1, 0.15) is 42.4 Å². The number of aryl methyl sites for hydroxylation is 2. The van der Waals surface area contributed by atoms with Crippen LogP contribution < -0.4 is 5.32 Å². The van der Waals surface area contributed by atoms with Gasteiger partial charge in [-0.2, -0.15) is 0 Å². The van der Waals surface area contributed by atoms with Crippen LogP contribution in [0.2, 0.25) is 0 Å². The molecule has 1 aliphatic rings.